The molecular formula is C27H23F2N5O3. The zero-order chi connectivity index (χ0) is 25.9. The second-order valence-corrected chi connectivity index (χ2v) is 9.59. The Morgan fingerprint density at radius 2 is 1.81 bits per heavy atom. The molecule has 8 nitrogen and oxygen atoms in total. The number of nitrogens with zero attached hydrogens (tertiary/aromatic N) is 4. The van der Waals surface area contributed by atoms with E-state index >= 15 is 0 Å². The van der Waals surface area contributed by atoms with Crippen LogP contribution in [-0.2, 0) is 18.6 Å². The molecule has 0 unspecified atom stereocenters. The molecule has 1 aliphatic carbocycles. The van der Waals surface area contributed by atoms with E-state index in [0.717, 1.165) is 36.8 Å². The Labute approximate surface area is 210 Å². The van der Waals surface area contributed by atoms with Gasteiger partial charge in [0, 0.05) is 24.5 Å². The van der Waals surface area contributed by atoms with Crippen molar-refractivity contribution in [3.63, 3.8) is 0 Å². The maximum Gasteiger partial charge on any atom is 0.270 e. The molecule has 0 saturated heterocycles. The van der Waals surface area contributed by atoms with E-state index in [9.17, 15) is 23.2 Å². The van der Waals surface area contributed by atoms with Crippen molar-refractivity contribution in [1.29, 1.82) is 0 Å². The minimum absolute atomic E-state index is 0.0128. The fraction of sp³-hybridized carbons (Fsp3) is 0.259. The fourth-order valence-electron chi connectivity index (χ4n) is 5.22. The van der Waals surface area contributed by atoms with Gasteiger partial charge in [-0.1, -0.05) is 24.3 Å². The number of aromatic nitrogens is 3. The third-order valence-electron chi connectivity index (χ3n) is 7.56. The Bertz CT molecular complexity index is 1530. The number of carbonyl (C=O) groups is 3. The van der Waals surface area contributed by atoms with Crippen LogP contribution in [0.1, 0.15) is 55.3 Å². The smallest absolute Gasteiger partial charge is 0.270 e. The number of aromatic amines is 1. The highest BCUT2D eigenvalue weighted by Crippen LogP contribution is 2.51. The second kappa shape index (κ2) is 8.36. The lowest BCUT2D eigenvalue weighted by molar-refractivity contribution is 0.0670. The Kier molecular flexibility index (Phi) is 5.22. The summed E-state index contributed by atoms with van der Waals surface area (Å²) in [4.78, 5) is 43.8. The van der Waals surface area contributed by atoms with Crippen molar-refractivity contribution in [2.45, 2.75) is 31.5 Å². The van der Waals surface area contributed by atoms with Crippen molar-refractivity contribution in [3.8, 4) is 0 Å². The summed E-state index contributed by atoms with van der Waals surface area (Å²) in [6.07, 6.45) is 3.92. The van der Waals surface area contributed by atoms with Gasteiger partial charge in [0.05, 0.1) is 41.6 Å². The van der Waals surface area contributed by atoms with Crippen LogP contribution in [0.4, 0.5) is 8.78 Å². The molecule has 2 aliphatic rings. The van der Waals surface area contributed by atoms with Crippen molar-refractivity contribution >= 4 is 29.0 Å². The molecule has 1 saturated carbocycles. The Morgan fingerprint density at radius 3 is 2.49 bits per heavy atom. The number of halogens is 2. The number of fused-ring (bicyclic) bond motifs is 2. The minimum atomic E-state index is -0.641. The van der Waals surface area contributed by atoms with E-state index in [1.54, 1.807) is 33.7 Å². The molecule has 6 rings (SSSR count). The number of H-pyrrole nitrogens is 1. The number of aldehydes is 1. The number of rotatable bonds is 5. The van der Waals surface area contributed by atoms with Crippen molar-refractivity contribution in [3.05, 3.63) is 88.4 Å². The first kappa shape index (κ1) is 23.1. The molecule has 0 bridgehead atoms. The highest BCUT2D eigenvalue weighted by Gasteiger charge is 2.50. The van der Waals surface area contributed by atoms with E-state index in [4.69, 9.17) is 0 Å². The quantitative estimate of drug-likeness (QED) is 0.419. The predicted octanol–water partition coefficient (Wildman–Crippen LogP) is 3.87. The number of carbonyl (C=O) groups excluding carboxylic acids is 3. The molecule has 37 heavy (non-hydrogen) atoms. The van der Waals surface area contributed by atoms with Gasteiger partial charge < -0.3 is 14.8 Å². The van der Waals surface area contributed by atoms with Gasteiger partial charge in [-0.2, -0.15) is 5.10 Å². The van der Waals surface area contributed by atoms with Crippen LogP contribution in [0.25, 0.3) is 10.9 Å². The largest absolute Gasteiger partial charge is 0.348 e. The lowest BCUT2D eigenvalue weighted by Crippen LogP contribution is -2.41. The summed E-state index contributed by atoms with van der Waals surface area (Å²) in [5, 5.41) is 4.38. The standard InChI is InChI=1S/C27H23F2N5O3/c1-32(27(8-9-27)17-4-2-16(15-35)3-5-17)25(36)19-13-30-34-11-10-33(14-23(19)34)26(37)22-12-18-20(28)6-7-21(29)24(18)31-22/h2-7,12-13,15,31H,8-11,14H2,1H3. The third-order valence-corrected chi connectivity index (χ3v) is 7.56. The summed E-state index contributed by atoms with van der Waals surface area (Å²) in [5.74, 6) is -1.88. The van der Waals surface area contributed by atoms with Gasteiger partial charge >= 0.3 is 0 Å². The second-order valence-electron chi connectivity index (χ2n) is 9.59. The topological polar surface area (TPSA) is 91.3 Å². The SMILES string of the molecule is CN(C(=O)c1cnn2c1CN(C(=O)c1cc3c(F)ccc(F)c3[nH]1)CC2)C1(c2ccc(C=O)cc2)CC1. The highest BCUT2D eigenvalue weighted by molar-refractivity contribution is 5.99. The average molecular weight is 504 g/mol. The van der Waals surface area contributed by atoms with Crippen LogP contribution >= 0.6 is 0 Å². The van der Waals surface area contributed by atoms with Gasteiger partial charge in [0.1, 0.15) is 23.6 Å². The average Bonchev–Trinajstić information content (AvgIpc) is 3.41. The number of amides is 2. The number of benzene rings is 2. The maximum absolute atomic E-state index is 14.1. The molecule has 2 aromatic heterocycles. The minimum Gasteiger partial charge on any atom is -0.348 e. The van der Waals surface area contributed by atoms with Crippen molar-refractivity contribution in [1.82, 2.24) is 24.6 Å². The molecule has 0 radical (unpaired) electrons. The number of nitrogens with one attached hydrogen (secondary N) is 1. The van der Waals surface area contributed by atoms with Gasteiger partial charge in [-0.25, -0.2) is 8.78 Å². The lowest BCUT2D eigenvalue weighted by Gasteiger charge is -2.31. The summed E-state index contributed by atoms with van der Waals surface area (Å²) < 4.78 is 30.0. The Morgan fingerprint density at radius 1 is 1.08 bits per heavy atom. The fourth-order valence-corrected chi connectivity index (χ4v) is 5.22. The van der Waals surface area contributed by atoms with Gasteiger partial charge in [0.2, 0.25) is 0 Å². The van der Waals surface area contributed by atoms with Crippen LogP contribution in [-0.4, -0.2) is 56.3 Å². The van der Waals surface area contributed by atoms with E-state index in [-0.39, 0.29) is 29.0 Å². The molecule has 1 N–H and O–H groups in total. The monoisotopic (exact) mass is 503 g/mol. The summed E-state index contributed by atoms with van der Waals surface area (Å²) >= 11 is 0. The molecule has 2 aromatic carbocycles. The van der Waals surface area contributed by atoms with Crippen LogP contribution in [0.2, 0.25) is 0 Å². The third kappa shape index (κ3) is 3.62. The first-order chi connectivity index (χ1) is 17.8. The maximum atomic E-state index is 14.1. The Hall–Kier alpha value is -4.34. The molecule has 0 atom stereocenters. The highest BCUT2D eigenvalue weighted by atomic mass is 19.1. The van der Waals surface area contributed by atoms with Gasteiger partial charge in [-0.05, 0) is 36.6 Å². The van der Waals surface area contributed by atoms with E-state index in [2.05, 4.69) is 10.1 Å². The van der Waals surface area contributed by atoms with Crippen molar-refractivity contribution in [2.24, 2.45) is 0 Å². The summed E-state index contributed by atoms with van der Waals surface area (Å²) in [6.45, 7) is 0.860. The molecule has 1 fully saturated rings. The molecular weight excluding hydrogens is 480 g/mol. The molecule has 4 aromatic rings. The van der Waals surface area contributed by atoms with Crippen LogP contribution in [0.3, 0.4) is 0 Å². The lowest BCUT2D eigenvalue weighted by atomic mass is 10.0. The van der Waals surface area contributed by atoms with E-state index in [1.165, 1.54) is 12.3 Å². The zero-order valence-corrected chi connectivity index (χ0v) is 20.0. The van der Waals surface area contributed by atoms with E-state index < -0.39 is 23.1 Å². The van der Waals surface area contributed by atoms with Gasteiger partial charge in [-0.15, -0.1) is 0 Å². The molecule has 3 heterocycles. The zero-order valence-electron chi connectivity index (χ0n) is 20.0. The molecule has 188 valence electrons. The summed E-state index contributed by atoms with van der Waals surface area (Å²) in [6, 6.07) is 10.6. The molecule has 0 spiro atoms. The number of hydrogen-bond donors (Lipinski definition) is 1. The van der Waals surface area contributed by atoms with Crippen LogP contribution in [0, 0.1) is 11.6 Å². The first-order valence-corrected chi connectivity index (χ1v) is 12.0. The molecule has 1 aliphatic heterocycles. The normalized spacial score (nSPS) is 15.9. The molecule has 2 amide bonds. The Balaban J connectivity index is 1.25. The molecule has 10 heteroatoms. The van der Waals surface area contributed by atoms with Crippen LogP contribution in [0.5, 0.6) is 0 Å². The summed E-state index contributed by atoms with van der Waals surface area (Å²) in [7, 11) is 1.76. The van der Waals surface area contributed by atoms with E-state index in [0.29, 0.717) is 29.9 Å². The van der Waals surface area contributed by atoms with Crippen molar-refractivity contribution < 1.29 is 23.2 Å². The summed E-state index contributed by atoms with van der Waals surface area (Å²) in [5.41, 5.74) is 2.12. The van der Waals surface area contributed by atoms with Gasteiger partial charge in [0.25, 0.3) is 11.8 Å². The predicted molar refractivity (Wildman–Crippen MR) is 130 cm³/mol. The van der Waals surface area contributed by atoms with Crippen LogP contribution < -0.4 is 0 Å². The van der Waals surface area contributed by atoms with Gasteiger partial charge in [0.15, 0.2) is 0 Å². The van der Waals surface area contributed by atoms with Gasteiger partial charge in [-0.3, -0.25) is 19.1 Å². The van der Waals surface area contributed by atoms with E-state index in [1.807, 2.05) is 12.1 Å². The number of hydrogen-bond acceptors (Lipinski definition) is 4. The first-order valence-electron chi connectivity index (χ1n) is 12.0. The van der Waals surface area contributed by atoms with Crippen LogP contribution in [0.15, 0.2) is 48.7 Å². The van der Waals surface area contributed by atoms with Crippen molar-refractivity contribution in [2.75, 3.05) is 13.6 Å².